The third-order valence-corrected chi connectivity index (χ3v) is 4.48. The van der Waals surface area contributed by atoms with E-state index in [-0.39, 0.29) is 10.5 Å². The SMILES string of the molecule is CCn1ccnc1C(=O)C1(C)CCCS1. The molecule has 0 amide bonds. The zero-order valence-electron chi connectivity index (χ0n) is 9.19. The average Bonchev–Trinajstić information content (AvgIpc) is 2.85. The van der Waals surface area contributed by atoms with Crippen LogP contribution in [0, 0.1) is 0 Å². The lowest BCUT2D eigenvalue weighted by Gasteiger charge is -2.20. The van der Waals surface area contributed by atoms with Gasteiger partial charge in [0.05, 0.1) is 4.75 Å². The highest BCUT2D eigenvalue weighted by molar-refractivity contribution is 8.01. The number of hydrogen-bond acceptors (Lipinski definition) is 3. The van der Waals surface area contributed by atoms with E-state index in [1.165, 1.54) is 0 Å². The number of Topliss-reactive ketones (excluding diaryl/α,β-unsaturated/α-hetero) is 1. The van der Waals surface area contributed by atoms with Gasteiger partial charge in [0.1, 0.15) is 0 Å². The van der Waals surface area contributed by atoms with E-state index in [2.05, 4.69) is 4.98 Å². The molecule has 82 valence electrons. The summed E-state index contributed by atoms with van der Waals surface area (Å²) in [6.45, 7) is 4.88. The molecule has 1 fully saturated rings. The number of carbonyl (C=O) groups is 1. The molecule has 0 aromatic carbocycles. The maximum Gasteiger partial charge on any atom is 0.213 e. The lowest BCUT2D eigenvalue weighted by molar-refractivity contribution is 0.0934. The number of carbonyl (C=O) groups excluding carboxylic acids is 1. The highest BCUT2D eigenvalue weighted by Gasteiger charge is 2.39. The van der Waals surface area contributed by atoms with Gasteiger partial charge in [-0.2, -0.15) is 0 Å². The van der Waals surface area contributed by atoms with Gasteiger partial charge in [0.15, 0.2) is 5.82 Å². The molecule has 0 radical (unpaired) electrons. The molecular weight excluding hydrogens is 208 g/mol. The Hall–Kier alpha value is -0.770. The van der Waals surface area contributed by atoms with Crippen molar-refractivity contribution in [2.75, 3.05) is 5.75 Å². The first-order chi connectivity index (χ1) is 7.17. The molecule has 1 aliphatic heterocycles. The first-order valence-electron chi connectivity index (χ1n) is 5.37. The Morgan fingerprint density at radius 1 is 1.73 bits per heavy atom. The van der Waals surface area contributed by atoms with Crippen molar-refractivity contribution in [2.24, 2.45) is 0 Å². The maximum atomic E-state index is 12.3. The number of hydrogen-bond donors (Lipinski definition) is 0. The molecule has 1 saturated heterocycles. The predicted molar refractivity (Wildman–Crippen MR) is 62.3 cm³/mol. The lowest BCUT2D eigenvalue weighted by Crippen LogP contribution is -2.31. The molecule has 0 aliphatic carbocycles. The van der Waals surface area contributed by atoms with Crippen LogP contribution in [0.5, 0.6) is 0 Å². The van der Waals surface area contributed by atoms with Gasteiger partial charge < -0.3 is 4.57 Å². The highest BCUT2D eigenvalue weighted by atomic mass is 32.2. The summed E-state index contributed by atoms with van der Waals surface area (Å²) in [7, 11) is 0. The Morgan fingerprint density at radius 3 is 3.13 bits per heavy atom. The highest BCUT2D eigenvalue weighted by Crippen LogP contribution is 2.39. The fourth-order valence-electron chi connectivity index (χ4n) is 1.97. The summed E-state index contributed by atoms with van der Waals surface area (Å²) < 4.78 is 1.69. The summed E-state index contributed by atoms with van der Waals surface area (Å²) in [6.07, 6.45) is 5.70. The van der Waals surface area contributed by atoms with Crippen LogP contribution in [-0.4, -0.2) is 25.8 Å². The largest absolute Gasteiger partial charge is 0.329 e. The lowest BCUT2D eigenvalue weighted by atomic mass is 10.00. The van der Waals surface area contributed by atoms with Crippen LogP contribution in [0.1, 0.15) is 37.3 Å². The summed E-state index contributed by atoms with van der Waals surface area (Å²) in [5.74, 6) is 1.90. The fraction of sp³-hybridized carbons (Fsp3) is 0.636. The van der Waals surface area contributed by atoms with Crippen molar-refractivity contribution in [1.29, 1.82) is 0 Å². The number of aryl methyl sites for hydroxylation is 1. The topological polar surface area (TPSA) is 34.9 Å². The second-order valence-electron chi connectivity index (χ2n) is 4.05. The molecule has 1 unspecified atom stereocenters. The van der Waals surface area contributed by atoms with Crippen LogP contribution in [0.25, 0.3) is 0 Å². The molecule has 0 N–H and O–H groups in total. The van der Waals surface area contributed by atoms with Gasteiger partial charge in [-0.1, -0.05) is 0 Å². The number of rotatable bonds is 3. The number of imidazole rings is 1. The van der Waals surface area contributed by atoms with Crippen LogP contribution in [0.15, 0.2) is 12.4 Å². The van der Waals surface area contributed by atoms with Gasteiger partial charge in [0.25, 0.3) is 0 Å². The second kappa shape index (κ2) is 4.00. The zero-order valence-corrected chi connectivity index (χ0v) is 10.0. The summed E-state index contributed by atoms with van der Waals surface area (Å²) in [5, 5.41) is 0. The van der Waals surface area contributed by atoms with E-state index in [9.17, 15) is 4.79 Å². The first kappa shape index (κ1) is 10.7. The summed E-state index contributed by atoms with van der Waals surface area (Å²) in [4.78, 5) is 16.5. The molecule has 3 nitrogen and oxygen atoms in total. The van der Waals surface area contributed by atoms with Gasteiger partial charge in [-0.3, -0.25) is 4.79 Å². The van der Waals surface area contributed by atoms with Crippen LogP contribution in [0.2, 0.25) is 0 Å². The molecule has 2 heterocycles. The third-order valence-electron chi connectivity index (χ3n) is 2.96. The maximum absolute atomic E-state index is 12.3. The molecule has 0 bridgehead atoms. The molecular formula is C11H16N2OS. The van der Waals surface area contributed by atoms with Crippen molar-refractivity contribution >= 4 is 17.5 Å². The van der Waals surface area contributed by atoms with Crippen LogP contribution in [0.4, 0.5) is 0 Å². The van der Waals surface area contributed by atoms with Crippen LogP contribution in [0.3, 0.4) is 0 Å². The molecule has 1 aliphatic rings. The molecule has 15 heavy (non-hydrogen) atoms. The Labute approximate surface area is 94.3 Å². The molecule has 1 aromatic rings. The first-order valence-corrected chi connectivity index (χ1v) is 6.36. The quantitative estimate of drug-likeness (QED) is 0.739. The van der Waals surface area contributed by atoms with E-state index in [0.29, 0.717) is 5.82 Å². The molecule has 2 rings (SSSR count). The molecule has 4 heteroatoms. The van der Waals surface area contributed by atoms with E-state index >= 15 is 0 Å². The minimum atomic E-state index is -0.238. The van der Waals surface area contributed by atoms with Crippen molar-refractivity contribution < 1.29 is 4.79 Å². The van der Waals surface area contributed by atoms with E-state index in [4.69, 9.17) is 0 Å². The summed E-state index contributed by atoms with van der Waals surface area (Å²) in [6, 6.07) is 0. The van der Waals surface area contributed by atoms with Gasteiger partial charge in [-0.25, -0.2) is 4.98 Å². The Morgan fingerprint density at radius 2 is 2.53 bits per heavy atom. The second-order valence-corrected chi connectivity index (χ2v) is 5.65. The normalized spacial score (nSPS) is 25.7. The molecule has 0 spiro atoms. The Kier molecular flexibility index (Phi) is 2.87. The van der Waals surface area contributed by atoms with Crippen molar-refractivity contribution in [3.63, 3.8) is 0 Å². The number of nitrogens with zero attached hydrogens (tertiary/aromatic N) is 2. The summed E-state index contributed by atoms with van der Waals surface area (Å²) in [5.41, 5.74) is 0. The Balaban J connectivity index is 2.27. The number of ketones is 1. The van der Waals surface area contributed by atoms with Gasteiger partial charge in [-0.05, 0) is 32.4 Å². The predicted octanol–water partition coefficient (Wildman–Crippen LogP) is 2.37. The van der Waals surface area contributed by atoms with Gasteiger partial charge >= 0.3 is 0 Å². The van der Waals surface area contributed by atoms with E-state index in [1.54, 1.807) is 18.0 Å². The van der Waals surface area contributed by atoms with E-state index in [1.807, 2.05) is 24.6 Å². The van der Waals surface area contributed by atoms with Gasteiger partial charge in [-0.15, -0.1) is 11.8 Å². The van der Waals surface area contributed by atoms with Crippen LogP contribution < -0.4 is 0 Å². The van der Waals surface area contributed by atoms with E-state index < -0.39 is 0 Å². The molecule has 1 aromatic heterocycles. The van der Waals surface area contributed by atoms with E-state index in [0.717, 1.165) is 25.1 Å². The minimum Gasteiger partial charge on any atom is -0.329 e. The zero-order chi connectivity index (χ0) is 10.9. The van der Waals surface area contributed by atoms with Crippen molar-refractivity contribution in [3.05, 3.63) is 18.2 Å². The van der Waals surface area contributed by atoms with Crippen molar-refractivity contribution in [3.8, 4) is 0 Å². The fourth-order valence-corrected chi connectivity index (χ4v) is 3.22. The van der Waals surface area contributed by atoms with Crippen molar-refractivity contribution in [2.45, 2.75) is 38.0 Å². The standard InChI is InChI=1S/C11H16N2OS/c1-3-13-7-6-12-10(13)9(14)11(2)5-4-8-15-11/h6-7H,3-5,8H2,1-2H3. The number of aromatic nitrogens is 2. The van der Waals surface area contributed by atoms with Crippen LogP contribution >= 0.6 is 11.8 Å². The minimum absolute atomic E-state index is 0.192. The molecule has 1 atom stereocenters. The third kappa shape index (κ3) is 1.83. The summed E-state index contributed by atoms with van der Waals surface area (Å²) >= 11 is 1.77. The smallest absolute Gasteiger partial charge is 0.213 e. The van der Waals surface area contributed by atoms with Crippen molar-refractivity contribution in [1.82, 2.24) is 9.55 Å². The van der Waals surface area contributed by atoms with Crippen LogP contribution in [-0.2, 0) is 6.54 Å². The molecule has 0 saturated carbocycles. The average molecular weight is 224 g/mol. The monoisotopic (exact) mass is 224 g/mol. The van der Waals surface area contributed by atoms with Gasteiger partial charge in [0, 0.05) is 18.9 Å². The van der Waals surface area contributed by atoms with Gasteiger partial charge in [0.2, 0.25) is 5.78 Å². The Bertz CT molecular complexity index is 366. The number of thioether (sulfide) groups is 1.